The number of rotatable bonds is 5. The summed E-state index contributed by atoms with van der Waals surface area (Å²) in [5, 5.41) is 6.57. The molecule has 5 nitrogen and oxygen atoms in total. The summed E-state index contributed by atoms with van der Waals surface area (Å²) >= 11 is 0. The topological polar surface area (TPSA) is 74.0 Å². The van der Waals surface area contributed by atoms with Gasteiger partial charge in [0.15, 0.2) is 0 Å². The highest BCUT2D eigenvalue weighted by Gasteiger charge is 2.22. The Morgan fingerprint density at radius 2 is 1.95 bits per heavy atom. The average molecular weight is 277 g/mol. The molecule has 1 aliphatic carbocycles. The molecular formula is C15H23N3O2. The first-order valence-electron chi connectivity index (χ1n) is 7.42. The van der Waals surface area contributed by atoms with E-state index in [9.17, 15) is 9.59 Å². The fourth-order valence-corrected chi connectivity index (χ4v) is 2.61. The Kier molecular flexibility index (Phi) is 5.35. The van der Waals surface area contributed by atoms with Crippen LogP contribution in [0.3, 0.4) is 0 Å². The maximum atomic E-state index is 12.0. The van der Waals surface area contributed by atoms with E-state index in [2.05, 4.69) is 22.5 Å². The molecule has 0 radical (unpaired) electrons. The lowest BCUT2D eigenvalue weighted by Crippen LogP contribution is -2.42. The Morgan fingerprint density at radius 3 is 2.55 bits per heavy atom. The summed E-state index contributed by atoms with van der Waals surface area (Å²) in [6.07, 6.45) is 6.86. The van der Waals surface area contributed by atoms with E-state index in [0.29, 0.717) is 11.6 Å². The van der Waals surface area contributed by atoms with Crippen molar-refractivity contribution in [2.45, 2.75) is 51.1 Å². The van der Waals surface area contributed by atoms with Crippen molar-refractivity contribution in [3.63, 3.8) is 0 Å². The van der Waals surface area contributed by atoms with Crippen LogP contribution in [0.4, 0.5) is 0 Å². The van der Waals surface area contributed by atoms with E-state index in [1.807, 2.05) is 0 Å². The van der Waals surface area contributed by atoms with Crippen LogP contribution in [-0.4, -0.2) is 29.5 Å². The highest BCUT2D eigenvalue weighted by molar-refractivity contribution is 5.93. The average Bonchev–Trinajstić information content (AvgIpc) is 2.47. The van der Waals surface area contributed by atoms with Crippen molar-refractivity contribution in [1.82, 2.24) is 15.6 Å². The van der Waals surface area contributed by atoms with Crippen LogP contribution in [-0.2, 0) is 0 Å². The summed E-state index contributed by atoms with van der Waals surface area (Å²) in [7, 11) is 0. The molecule has 0 unspecified atom stereocenters. The van der Waals surface area contributed by atoms with Crippen molar-refractivity contribution >= 4 is 5.91 Å². The van der Waals surface area contributed by atoms with E-state index in [4.69, 9.17) is 0 Å². The molecule has 0 spiro atoms. The van der Waals surface area contributed by atoms with Crippen LogP contribution in [0.15, 0.2) is 23.1 Å². The molecule has 1 amide bonds. The van der Waals surface area contributed by atoms with E-state index in [-0.39, 0.29) is 17.5 Å². The van der Waals surface area contributed by atoms with Crippen LogP contribution < -0.4 is 16.2 Å². The Morgan fingerprint density at radius 1 is 1.25 bits per heavy atom. The van der Waals surface area contributed by atoms with Crippen molar-refractivity contribution in [3.8, 4) is 0 Å². The zero-order valence-electron chi connectivity index (χ0n) is 11.9. The van der Waals surface area contributed by atoms with Gasteiger partial charge in [-0.1, -0.05) is 6.92 Å². The van der Waals surface area contributed by atoms with Gasteiger partial charge in [0, 0.05) is 24.3 Å². The lowest BCUT2D eigenvalue weighted by atomic mass is 9.91. The molecule has 1 fully saturated rings. The number of nitrogens with one attached hydrogen (secondary N) is 3. The molecule has 0 atom stereocenters. The van der Waals surface area contributed by atoms with Gasteiger partial charge in [0.2, 0.25) is 5.56 Å². The molecule has 20 heavy (non-hydrogen) atoms. The summed E-state index contributed by atoms with van der Waals surface area (Å²) < 4.78 is 0. The SMILES string of the molecule is CCCNC1CCC(NC(=O)c2ccc(=O)[nH]c2)CC1. The van der Waals surface area contributed by atoms with Gasteiger partial charge in [0.25, 0.3) is 5.91 Å². The Balaban J connectivity index is 1.79. The zero-order valence-corrected chi connectivity index (χ0v) is 11.9. The minimum absolute atomic E-state index is 0.105. The summed E-state index contributed by atoms with van der Waals surface area (Å²) in [5.74, 6) is -0.105. The molecule has 5 heteroatoms. The molecule has 0 aromatic carbocycles. The highest BCUT2D eigenvalue weighted by atomic mass is 16.2. The molecule has 1 heterocycles. The predicted octanol–water partition coefficient (Wildman–Crippen LogP) is 1.42. The predicted molar refractivity (Wildman–Crippen MR) is 78.9 cm³/mol. The fourth-order valence-electron chi connectivity index (χ4n) is 2.61. The lowest BCUT2D eigenvalue weighted by molar-refractivity contribution is 0.0924. The summed E-state index contributed by atoms with van der Waals surface area (Å²) in [4.78, 5) is 25.5. The zero-order chi connectivity index (χ0) is 14.4. The minimum atomic E-state index is -0.191. The summed E-state index contributed by atoms with van der Waals surface area (Å²) in [6, 6.07) is 3.77. The number of hydrogen-bond donors (Lipinski definition) is 3. The Hall–Kier alpha value is -1.62. The first-order chi connectivity index (χ1) is 9.69. The van der Waals surface area contributed by atoms with Crippen LogP contribution >= 0.6 is 0 Å². The summed E-state index contributed by atoms with van der Waals surface area (Å²) in [5.41, 5.74) is 0.319. The molecular weight excluding hydrogens is 254 g/mol. The van der Waals surface area contributed by atoms with Crippen molar-refractivity contribution < 1.29 is 4.79 Å². The number of carbonyl (C=O) groups is 1. The van der Waals surface area contributed by atoms with E-state index in [1.165, 1.54) is 12.3 Å². The van der Waals surface area contributed by atoms with Crippen LogP contribution in [0.1, 0.15) is 49.4 Å². The third-order valence-corrected chi connectivity index (χ3v) is 3.79. The standard InChI is InChI=1S/C15H23N3O2/c1-2-9-16-12-4-6-13(7-5-12)18-15(20)11-3-8-14(19)17-10-11/h3,8,10,12-13,16H,2,4-7,9H2,1H3,(H,17,19)(H,18,20). The van der Waals surface area contributed by atoms with Gasteiger partial charge in [-0.3, -0.25) is 9.59 Å². The molecule has 2 rings (SSSR count). The van der Waals surface area contributed by atoms with Gasteiger partial charge < -0.3 is 15.6 Å². The summed E-state index contributed by atoms with van der Waals surface area (Å²) in [6.45, 7) is 3.24. The molecule has 1 aliphatic rings. The van der Waals surface area contributed by atoms with Crippen molar-refractivity contribution in [2.24, 2.45) is 0 Å². The maximum Gasteiger partial charge on any atom is 0.252 e. The third-order valence-electron chi connectivity index (χ3n) is 3.79. The number of hydrogen-bond acceptors (Lipinski definition) is 3. The van der Waals surface area contributed by atoms with E-state index in [0.717, 1.165) is 38.6 Å². The van der Waals surface area contributed by atoms with Crippen molar-refractivity contribution in [2.75, 3.05) is 6.54 Å². The number of H-pyrrole nitrogens is 1. The van der Waals surface area contributed by atoms with Gasteiger partial charge in [-0.2, -0.15) is 0 Å². The normalized spacial score (nSPS) is 22.4. The minimum Gasteiger partial charge on any atom is -0.349 e. The number of pyridine rings is 1. The van der Waals surface area contributed by atoms with Gasteiger partial charge in [-0.15, -0.1) is 0 Å². The molecule has 0 saturated heterocycles. The van der Waals surface area contributed by atoms with Gasteiger partial charge in [0.05, 0.1) is 5.56 Å². The second-order valence-electron chi connectivity index (χ2n) is 5.42. The highest BCUT2D eigenvalue weighted by Crippen LogP contribution is 2.19. The largest absolute Gasteiger partial charge is 0.349 e. The van der Waals surface area contributed by atoms with Crippen LogP contribution in [0.25, 0.3) is 0 Å². The van der Waals surface area contributed by atoms with E-state index >= 15 is 0 Å². The van der Waals surface area contributed by atoms with Crippen molar-refractivity contribution in [1.29, 1.82) is 0 Å². The van der Waals surface area contributed by atoms with Gasteiger partial charge >= 0.3 is 0 Å². The molecule has 1 aromatic rings. The van der Waals surface area contributed by atoms with Gasteiger partial charge in [-0.25, -0.2) is 0 Å². The number of carbonyl (C=O) groups excluding carboxylic acids is 1. The monoisotopic (exact) mass is 277 g/mol. The first kappa shape index (κ1) is 14.8. The molecule has 1 saturated carbocycles. The van der Waals surface area contributed by atoms with Crippen LogP contribution in [0.2, 0.25) is 0 Å². The molecule has 3 N–H and O–H groups in total. The molecule has 110 valence electrons. The first-order valence-corrected chi connectivity index (χ1v) is 7.42. The van der Waals surface area contributed by atoms with Crippen LogP contribution in [0.5, 0.6) is 0 Å². The van der Waals surface area contributed by atoms with Gasteiger partial charge in [-0.05, 0) is 44.7 Å². The quantitative estimate of drug-likeness (QED) is 0.762. The Labute approximate surface area is 119 Å². The molecule has 0 bridgehead atoms. The fraction of sp³-hybridized carbons (Fsp3) is 0.600. The van der Waals surface area contributed by atoms with Crippen molar-refractivity contribution in [3.05, 3.63) is 34.2 Å². The Bertz CT molecular complexity index is 470. The second-order valence-corrected chi connectivity index (χ2v) is 5.42. The molecule has 0 aliphatic heterocycles. The number of amides is 1. The maximum absolute atomic E-state index is 12.0. The van der Waals surface area contributed by atoms with E-state index in [1.54, 1.807) is 6.07 Å². The number of aromatic amines is 1. The smallest absolute Gasteiger partial charge is 0.252 e. The number of aromatic nitrogens is 1. The molecule has 1 aromatic heterocycles. The second kappa shape index (κ2) is 7.24. The third kappa shape index (κ3) is 4.20. The van der Waals surface area contributed by atoms with E-state index < -0.39 is 0 Å². The van der Waals surface area contributed by atoms with Crippen LogP contribution in [0, 0.1) is 0 Å². The van der Waals surface area contributed by atoms with Gasteiger partial charge in [0.1, 0.15) is 0 Å². The lowest BCUT2D eigenvalue weighted by Gasteiger charge is -2.29.